The minimum atomic E-state index is -0.105. The lowest BCUT2D eigenvalue weighted by atomic mass is 10.1. The van der Waals surface area contributed by atoms with Crippen molar-refractivity contribution in [2.45, 2.75) is 19.8 Å². The molecule has 1 amide bonds. The lowest BCUT2D eigenvalue weighted by Gasteiger charge is -2.05. The third kappa shape index (κ3) is 4.10. The number of aryl methyl sites for hydroxylation is 2. The highest BCUT2D eigenvalue weighted by Crippen LogP contribution is 2.23. The molecule has 0 fully saturated rings. The molecule has 0 radical (unpaired) electrons. The summed E-state index contributed by atoms with van der Waals surface area (Å²) in [6, 6.07) is 13.7. The molecule has 0 bridgehead atoms. The Labute approximate surface area is 182 Å². The summed E-state index contributed by atoms with van der Waals surface area (Å²) in [7, 11) is 0. The highest BCUT2D eigenvalue weighted by Gasteiger charge is 2.12. The molecule has 31 heavy (non-hydrogen) atoms. The van der Waals surface area contributed by atoms with Gasteiger partial charge in [0.15, 0.2) is 0 Å². The number of carbonyl (C=O) groups is 1. The lowest BCUT2D eigenvalue weighted by molar-refractivity contribution is -0.116. The Balaban J connectivity index is 1.20. The fourth-order valence-electron chi connectivity index (χ4n) is 3.33. The number of hydrogen-bond acceptors (Lipinski definition) is 6. The van der Waals surface area contributed by atoms with Gasteiger partial charge in [0.25, 0.3) is 0 Å². The number of rotatable bonds is 6. The molecular weight excluding hydrogens is 410 g/mol. The third-order valence-corrected chi connectivity index (χ3v) is 5.64. The average molecular weight is 430 g/mol. The van der Waals surface area contributed by atoms with Gasteiger partial charge in [-0.15, -0.1) is 0 Å². The highest BCUT2D eigenvalue weighted by atomic mass is 32.1. The summed E-state index contributed by atoms with van der Waals surface area (Å²) in [5.74, 6) is 0.898. The maximum absolute atomic E-state index is 12.3. The Bertz CT molecular complexity index is 1340. The SMILES string of the molecule is Cc1cccn2cc(-c3ccc(NC(=O)CCc4nc(-c5ccsc5)no4)cc3)nc12. The molecule has 0 spiro atoms. The van der Waals surface area contributed by atoms with Gasteiger partial charge in [-0.3, -0.25) is 4.79 Å². The number of imidazole rings is 1. The monoisotopic (exact) mass is 429 g/mol. The van der Waals surface area contributed by atoms with Crippen molar-refractivity contribution in [2.75, 3.05) is 5.32 Å². The van der Waals surface area contributed by atoms with Crippen molar-refractivity contribution in [1.29, 1.82) is 0 Å². The molecule has 5 rings (SSSR count). The highest BCUT2D eigenvalue weighted by molar-refractivity contribution is 7.08. The summed E-state index contributed by atoms with van der Waals surface area (Å²) in [4.78, 5) is 21.4. The number of fused-ring (bicyclic) bond motifs is 1. The Morgan fingerprint density at radius 3 is 2.77 bits per heavy atom. The minimum absolute atomic E-state index is 0.105. The lowest BCUT2D eigenvalue weighted by Crippen LogP contribution is -2.12. The summed E-state index contributed by atoms with van der Waals surface area (Å²) in [5.41, 5.74) is 5.61. The van der Waals surface area contributed by atoms with Crippen LogP contribution < -0.4 is 5.32 Å². The van der Waals surface area contributed by atoms with Crippen LogP contribution in [0, 0.1) is 6.92 Å². The number of benzene rings is 1. The molecule has 8 heteroatoms. The van der Waals surface area contributed by atoms with E-state index in [1.54, 1.807) is 11.3 Å². The second kappa shape index (κ2) is 8.16. The number of nitrogens with zero attached hydrogens (tertiary/aromatic N) is 4. The van der Waals surface area contributed by atoms with Crippen molar-refractivity contribution in [1.82, 2.24) is 19.5 Å². The Morgan fingerprint density at radius 1 is 1.13 bits per heavy atom. The van der Waals surface area contributed by atoms with E-state index in [4.69, 9.17) is 9.51 Å². The van der Waals surface area contributed by atoms with Gasteiger partial charge < -0.3 is 14.2 Å². The number of anilines is 1. The minimum Gasteiger partial charge on any atom is -0.339 e. The standard InChI is InChI=1S/C23H19N5O2S/c1-15-3-2-11-28-13-19(25-23(15)28)16-4-6-18(7-5-16)24-20(29)8-9-21-26-22(27-30-21)17-10-12-31-14-17/h2-7,10-14H,8-9H2,1H3,(H,24,29). The molecule has 0 atom stereocenters. The molecule has 0 unspecified atom stereocenters. The van der Waals surface area contributed by atoms with Gasteiger partial charge in [-0.2, -0.15) is 16.3 Å². The molecule has 0 aliphatic heterocycles. The zero-order valence-electron chi connectivity index (χ0n) is 16.8. The molecule has 0 saturated carbocycles. The second-order valence-electron chi connectivity index (χ2n) is 7.20. The predicted molar refractivity (Wildman–Crippen MR) is 120 cm³/mol. The van der Waals surface area contributed by atoms with Gasteiger partial charge in [-0.25, -0.2) is 4.98 Å². The van der Waals surface area contributed by atoms with Crippen LogP contribution in [0.1, 0.15) is 17.9 Å². The van der Waals surface area contributed by atoms with E-state index in [1.807, 2.05) is 76.9 Å². The van der Waals surface area contributed by atoms with Gasteiger partial charge in [0.2, 0.25) is 17.6 Å². The smallest absolute Gasteiger partial charge is 0.227 e. The van der Waals surface area contributed by atoms with E-state index in [0.717, 1.165) is 33.7 Å². The molecule has 0 aliphatic carbocycles. The first-order chi connectivity index (χ1) is 15.2. The second-order valence-corrected chi connectivity index (χ2v) is 7.98. The maximum atomic E-state index is 12.3. The van der Waals surface area contributed by atoms with Crippen molar-refractivity contribution < 1.29 is 9.32 Å². The van der Waals surface area contributed by atoms with Crippen LogP contribution in [0.4, 0.5) is 5.69 Å². The first-order valence-electron chi connectivity index (χ1n) is 9.85. The largest absolute Gasteiger partial charge is 0.339 e. The van der Waals surface area contributed by atoms with E-state index in [9.17, 15) is 4.79 Å². The summed E-state index contributed by atoms with van der Waals surface area (Å²) in [6.45, 7) is 2.04. The number of hydrogen-bond donors (Lipinski definition) is 1. The van der Waals surface area contributed by atoms with Crippen LogP contribution in [0.3, 0.4) is 0 Å². The predicted octanol–water partition coefficient (Wildman–Crippen LogP) is 4.99. The van der Waals surface area contributed by atoms with Crippen LogP contribution in [0.15, 0.2) is 70.1 Å². The van der Waals surface area contributed by atoms with E-state index in [-0.39, 0.29) is 12.3 Å². The number of thiophene rings is 1. The number of nitrogens with one attached hydrogen (secondary N) is 1. The van der Waals surface area contributed by atoms with E-state index < -0.39 is 0 Å². The van der Waals surface area contributed by atoms with Gasteiger partial charge in [-0.1, -0.05) is 23.4 Å². The molecule has 7 nitrogen and oxygen atoms in total. The summed E-state index contributed by atoms with van der Waals surface area (Å²) in [6.07, 6.45) is 4.64. The molecule has 5 aromatic rings. The molecule has 154 valence electrons. The number of pyridine rings is 1. The summed E-state index contributed by atoms with van der Waals surface area (Å²) >= 11 is 1.57. The topological polar surface area (TPSA) is 85.3 Å². The molecule has 0 aliphatic rings. The zero-order valence-corrected chi connectivity index (χ0v) is 17.6. The van der Waals surface area contributed by atoms with Crippen LogP contribution in [0.25, 0.3) is 28.3 Å². The molecule has 1 aromatic carbocycles. The third-order valence-electron chi connectivity index (χ3n) is 4.96. The van der Waals surface area contributed by atoms with E-state index >= 15 is 0 Å². The molecule has 1 N–H and O–H groups in total. The first kappa shape index (κ1) is 19.2. The van der Waals surface area contributed by atoms with E-state index in [0.29, 0.717) is 18.1 Å². The molecule has 4 aromatic heterocycles. The quantitative estimate of drug-likeness (QED) is 0.411. The summed E-state index contributed by atoms with van der Waals surface area (Å²) < 4.78 is 7.26. The van der Waals surface area contributed by atoms with Crippen molar-refractivity contribution in [3.63, 3.8) is 0 Å². The van der Waals surface area contributed by atoms with Crippen molar-refractivity contribution in [2.24, 2.45) is 0 Å². The van der Waals surface area contributed by atoms with Crippen LogP contribution >= 0.6 is 11.3 Å². The van der Waals surface area contributed by atoms with E-state index in [2.05, 4.69) is 15.5 Å². The van der Waals surface area contributed by atoms with Crippen LogP contribution in [-0.4, -0.2) is 25.4 Å². The van der Waals surface area contributed by atoms with Crippen LogP contribution in [0.2, 0.25) is 0 Å². The first-order valence-corrected chi connectivity index (χ1v) is 10.8. The van der Waals surface area contributed by atoms with Gasteiger partial charge in [0.1, 0.15) is 5.65 Å². The van der Waals surface area contributed by atoms with Gasteiger partial charge in [0, 0.05) is 47.4 Å². The normalized spacial score (nSPS) is 11.1. The molecule has 0 saturated heterocycles. The Morgan fingerprint density at radius 2 is 2.00 bits per heavy atom. The fraction of sp³-hybridized carbons (Fsp3) is 0.130. The number of carbonyl (C=O) groups excluding carboxylic acids is 1. The van der Waals surface area contributed by atoms with Gasteiger partial charge in [0.05, 0.1) is 5.69 Å². The van der Waals surface area contributed by atoms with Crippen LogP contribution in [-0.2, 0) is 11.2 Å². The van der Waals surface area contributed by atoms with Crippen molar-refractivity contribution in [3.05, 3.63) is 77.1 Å². The molecule has 4 heterocycles. The number of aromatic nitrogens is 4. The average Bonchev–Trinajstić information content (AvgIpc) is 3.53. The Hall–Kier alpha value is -3.78. The molecular formula is C23H19N5O2S. The maximum Gasteiger partial charge on any atom is 0.227 e. The van der Waals surface area contributed by atoms with Crippen LogP contribution in [0.5, 0.6) is 0 Å². The van der Waals surface area contributed by atoms with E-state index in [1.165, 1.54) is 0 Å². The van der Waals surface area contributed by atoms with Gasteiger partial charge in [-0.05, 0) is 42.1 Å². The van der Waals surface area contributed by atoms with Crippen molar-refractivity contribution in [3.8, 4) is 22.6 Å². The summed E-state index contributed by atoms with van der Waals surface area (Å²) in [5, 5.41) is 10.8. The number of amides is 1. The zero-order chi connectivity index (χ0) is 21.2. The van der Waals surface area contributed by atoms with Gasteiger partial charge >= 0.3 is 0 Å². The Kier molecular flexibility index (Phi) is 5.05. The fourth-order valence-corrected chi connectivity index (χ4v) is 3.96. The van der Waals surface area contributed by atoms with Crippen molar-refractivity contribution >= 4 is 28.6 Å².